The van der Waals surface area contributed by atoms with Crippen molar-refractivity contribution < 1.29 is 26.3 Å². The normalized spacial score (nSPS) is 12.1. The zero-order chi connectivity index (χ0) is 56.3. The Morgan fingerprint density at radius 1 is 0.300 bits per heavy atom. The van der Waals surface area contributed by atoms with Crippen molar-refractivity contribution in [1.82, 2.24) is 9.13 Å². The fourth-order valence-electron chi connectivity index (χ4n) is 12.2. The molecule has 0 aliphatic carbocycles. The minimum atomic E-state index is -5.13. The van der Waals surface area contributed by atoms with Crippen molar-refractivity contribution in [2.24, 2.45) is 0 Å². The average molecular weight is 1060 g/mol. The number of benzene rings is 10. The highest BCUT2D eigenvalue weighted by Gasteiger charge is 2.37. The molecule has 0 aliphatic heterocycles. The third kappa shape index (κ3) is 9.28. The Balaban J connectivity index is 1.23. The summed E-state index contributed by atoms with van der Waals surface area (Å²) < 4.78 is 92.6. The van der Waals surface area contributed by atoms with Gasteiger partial charge in [0.05, 0.1) is 56.2 Å². The van der Waals surface area contributed by atoms with Crippen LogP contribution in [0.5, 0.6) is 0 Å². The minimum absolute atomic E-state index is 0.0912. The molecule has 10 aromatic carbocycles. The number of hydrogen-bond acceptors (Lipinski definition) is 1. The van der Waals surface area contributed by atoms with Crippen LogP contribution >= 0.6 is 0 Å². The van der Waals surface area contributed by atoms with Crippen LogP contribution in [0, 0.1) is 66.7 Å². The Kier molecular flexibility index (Phi) is 12.3. The Hall–Kier alpha value is -9.13. The van der Waals surface area contributed by atoms with Gasteiger partial charge in [-0.3, -0.25) is 0 Å². The Bertz CT molecular complexity index is 4280. The highest BCUT2D eigenvalue weighted by molar-refractivity contribution is 6.14. The van der Waals surface area contributed by atoms with Gasteiger partial charge in [0.15, 0.2) is 0 Å². The second-order valence-electron chi connectivity index (χ2n) is 21.9. The molecule has 0 unspecified atom stereocenters. The van der Waals surface area contributed by atoms with Crippen LogP contribution in [-0.2, 0) is 12.4 Å². The summed E-state index contributed by atoms with van der Waals surface area (Å²) in [6.45, 7) is 16.5. The van der Waals surface area contributed by atoms with Crippen LogP contribution in [0.3, 0.4) is 0 Å². The van der Waals surface area contributed by atoms with E-state index in [4.69, 9.17) is 0 Å². The third-order valence-corrected chi connectivity index (χ3v) is 15.4. The van der Waals surface area contributed by atoms with Crippen LogP contribution in [-0.4, -0.2) is 9.13 Å². The maximum atomic E-state index is 14.7. The van der Waals surface area contributed by atoms with Crippen LogP contribution in [0.25, 0.3) is 111 Å². The lowest BCUT2D eigenvalue weighted by atomic mass is 9.94. The number of rotatable bonds is 7. The van der Waals surface area contributed by atoms with E-state index in [0.717, 1.165) is 133 Å². The number of nitrogens with zero attached hydrogens (tertiary/aromatic N) is 3. The summed E-state index contributed by atoms with van der Waals surface area (Å²) in [6, 6.07) is 57.8. The van der Waals surface area contributed by atoms with Gasteiger partial charge in [0, 0.05) is 27.1 Å². The molecule has 0 saturated heterocycles. The predicted octanol–water partition coefficient (Wildman–Crippen LogP) is 20.6. The predicted molar refractivity (Wildman–Crippen MR) is 315 cm³/mol. The molecule has 0 spiro atoms. The van der Waals surface area contributed by atoms with Gasteiger partial charge in [-0.2, -0.15) is 31.6 Å². The van der Waals surface area contributed by atoms with Crippen molar-refractivity contribution in [3.63, 3.8) is 0 Å². The summed E-state index contributed by atoms with van der Waals surface area (Å²) in [5, 5.41) is 14.8. The van der Waals surface area contributed by atoms with Crippen molar-refractivity contribution in [2.45, 2.75) is 67.7 Å². The molecule has 0 bridgehead atoms. The van der Waals surface area contributed by atoms with Crippen molar-refractivity contribution in [3.8, 4) is 73.1 Å². The van der Waals surface area contributed by atoms with E-state index in [1.807, 2.05) is 28.8 Å². The summed E-state index contributed by atoms with van der Waals surface area (Å²) in [6.07, 6.45) is -10.3. The molecule has 0 saturated carbocycles. The summed E-state index contributed by atoms with van der Waals surface area (Å²) in [4.78, 5) is 0. The van der Waals surface area contributed by atoms with E-state index in [9.17, 15) is 31.6 Å². The standard InChI is InChI=1S/C71H53F6N3/c1-39-17-40(2)22-51(21-39)47-9-13-64-60(31-47)61-32-48(52-23-41(3)18-42(4)24-52)10-14-65(61)79(64)68-35-56(38-78)59(55-29-57(70(72,73)74)36-58(30-55)71(75,76)77)37-69(68)80-66-15-11-49(53-25-43(5)19-44(6)26-53)33-62(66)63-34-50(12-16-67(63)80)54-27-45(7)20-46(8)28-54/h9-37H,1-8H3. The van der Waals surface area contributed by atoms with Gasteiger partial charge in [0.1, 0.15) is 0 Å². The van der Waals surface area contributed by atoms with Crippen LogP contribution in [0.4, 0.5) is 26.3 Å². The molecule has 2 aromatic heterocycles. The number of halogens is 6. The number of nitriles is 1. The van der Waals surface area contributed by atoms with E-state index >= 15 is 0 Å². The van der Waals surface area contributed by atoms with Crippen LogP contribution in [0.1, 0.15) is 61.2 Å². The van der Waals surface area contributed by atoms with Crippen molar-refractivity contribution in [2.75, 3.05) is 0 Å². The molecule has 12 rings (SSSR count). The topological polar surface area (TPSA) is 33.6 Å². The van der Waals surface area contributed by atoms with E-state index in [2.05, 4.69) is 187 Å². The Morgan fingerprint density at radius 3 is 0.838 bits per heavy atom. The molecule has 80 heavy (non-hydrogen) atoms. The van der Waals surface area contributed by atoms with E-state index in [0.29, 0.717) is 23.5 Å². The second kappa shape index (κ2) is 19.1. The van der Waals surface area contributed by atoms with Crippen LogP contribution < -0.4 is 0 Å². The third-order valence-electron chi connectivity index (χ3n) is 15.4. The summed E-state index contributed by atoms with van der Waals surface area (Å²) in [5.74, 6) is 0. The highest BCUT2D eigenvalue weighted by Crippen LogP contribution is 2.46. The summed E-state index contributed by atoms with van der Waals surface area (Å²) >= 11 is 0. The second-order valence-corrected chi connectivity index (χ2v) is 21.9. The van der Waals surface area contributed by atoms with Gasteiger partial charge in [-0.1, -0.05) is 142 Å². The average Bonchev–Trinajstić information content (AvgIpc) is 3.02. The van der Waals surface area contributed by atoms with Gasteiger partial charge < -0.3 is 9.13 Å². The number of aromatic nitrogens is 2. The highest BCUT2D eigenvalue weighted by atomic mass is 19.4. The lowest BCUT2D eigenvalue weighted by Crippen LogP contribution is -2.11. The zero-order valence-corrected chi connectivity index (χ0v) is 45.4. The molecule has 9 heteroatoms. The van der Waals surface area contributed by atoms with Gasteiger partial charge in [-0.15, -0.1) is 0 Å². The number of alkyl halides is 6. The smallest absolute Gasteiger partial charge is 0.307 e. The maximum Gasteiger partial charge on any atom is 0.416 e. The van der Waals surface area contributed by atoms with E-state index in [-0.39, 0.29) is 17.2 Å². The monoisotopic (exact) mass is 1060 g/mol. The molecule has 0 radical (unpaired) electrons. The quantitative estimate of drug-likeness (QED) is 0.146. The molecule has 2 heterocycles. The van der Waals surface area contributed by atoms with E-state index in [1.54, 1.807) is 12.1 Å². The van der Waals surface area contributed by atoms with Crippen LogP contribution in [0.2, 0.25) is 0 Å². The van der Waals surface area contributed by atoms with Gasteiger partial charge in [0.25, 0.3) is 0 Å². The lowest BCUT2D eigenvalue weighted by molar-refractivity contribution is -0.143. The van der Waals surface area contributed by atoms with Gasteiger partial charge >= 0.3 is 12.4 Å². The minimum Gasteiger partial charge on any atom is -0.307 e. The molecule has 0 atom stereocenters. The van der Waals surface area contributed by atoms with Crippen LogP contribution in [0.15, 0.2) is 176 Å². The van der Waals surface area contributed by atoms with Crippen molar-refractivity contribution in [1.29, 1.82) is 5.26 Å². The summed E-state index contributed by atoms with van der Waals surface area (Å²) in [5.41, 5.74) is 17.3. The van der Waals surface area contributed by atoms with E-state index < -0.39 is 29.0 Å². The Labute approximate surface area is 460 Å². The number of fused-ring (bicyclic) bond motifs is 6. The van der Waals surface area contributed by atoms with Gasteiger partial charge in [0.2, 0.25) is 0 Å². The first-order valence-electron chi connectivity index (χ1n) is 26.5. The Morgan fingerprint density at radius 2 is 0.575 bits per heavy atom. The maximum absolute atomic E-state index is 14.7. The summed E-state index contributed by atoms with van der Waals surface area (Å²) in [7, 11) is 0. The first-order chi connectivity index (χ1) is 38.1. The van der Waals surface area contributed by atoms with Gasteiger partial charge in [-0.25, -0.2) is 0 Å². The van der Waals surface area contributed by atoms with Crippen molar-refractivity contribution in [3.05, 3.63) is 237 Å². The fourth-order valence-corrected chi connectivity index (χ4v) is 12.2. The SMILES string of the molecule is Cc1cc(C)cc(-c2ccc3c(c2)c2cc(-c4cc(C)cc(C)c4)ccc2n3-c2cc(C#N)c(-c3cc(C(F)(F)F)cc(C(F)(F)F)c3)cc2-n2c3ccc(-c4cc(C)cc(C)c4)cc3c3cc(-c4cc(C)cc(C)c4)ccc32)c1. The first-order valence-corrected chi connectivity index (χ1v) is 26.5. The number of hydrogen-bond donors (Lipinski definition) is 0. The van der Waals surface area contributed by atoms with Crippen molar-refractivity contribution >= 4 is 43.6 Å². The first kappa shape index (κ1) is 51.6. The molecule has 12 aromatic rings. The van der Waals surface area contributed by atoms with Gasteiger partial charge in [-0.05, 0) is 184 Å². The zero-order valence-electron chi connectivity index (χ0n) is 45.4. The molecular formula is C71H53F6N3. The molecule has 0 amide bonds. The number of aryl methyl sites for hydroxylation is 8. The fraction of sp³-hybridized carbons (Fsp3) is 0.141. The molecule has 0 aliphatic rings. The molecular weight excluding hydrogens is 1010 g/mol. The largest absolute Gasteiger partial charge is 0.416 e. The molecule has 394 valence electrons. The van der Waals surface area contributed by atoms with E-state index in [1.165, 1.54) is 0 Å². The molecule has 0 fully saturated rings. The molecule has 0 N–H and O–H groups in total. The molecule has 3 nitrogen and oxygen atoms in total. The lowest BCUT2D eigenvalue weighted by Gasteiger charge is -2.21.